The second-order valence-corrected chi connectivity index (χ2v) is 10.2. The third-order valence-corrected chi connectivity index (χ3v) is 7.32. The van der Waals surface area contributed by atoms with Crippen LogP contribution in [-0.4, -0.2) is 48.6 Å². The summed E-state index contributed by atoms with van der Waals surface area (Å²) in [6.45, 7) is 13.9. The van der Waals surface area contributed by atoms with E-state index in [1.165, 1.54) is 135 Å². The van der Waals surface area contributed by atoms with Crippen LogP contribution in [-0.2, 0) is 0 Å². The van der Waals surface area contributed by atoms with Crippen LogP contribution in [0.3, 0.4) is 0 Å². The number of hydrogen-bond acceptors (Lipinski definition) is 2. The van der Waals surface area contributed by atoms with E-state index in [4.69, 9.17) is 0 Å². The van der Waals surface area contributed by atoms with Crippen LogP contribution in [0, 0.1) is 5.41 Å². The summed E-state index contributed by atoms with van der Waals surface area (Å²) >= 11 is 0. The van der Waals surface area contributed by atoms with Crippen LogP contribution >= 0.6 is 0 Å². The number of likely N-dealkylation sites (tertiary alicyclic amines) is 2. The molecule has 166 valence electrons. The maximum absolute atomic E-state index is 2.88. The Balaban J connectivity index is 1.60. The lowest BCUT2D eigenvalue weighted by Crippen LogP contribution is -2.73. The molecule has 0 aromatic rings. The van der Waals surface area contributed by atoms with Crippen molar-refractivity contribution in [2.45, 2.75) is 130 Å². The molecule has 0 saturated carbocycles. The van der Waals surface area contributed by atoms with Crippen LogP contribution in [0.5, 0.6) is 0 Å². The van der Waals surface area contributed by atoms with Crippen LogP contribution in [0.4, 0.5) is 0 Å². The maximum Gasteiger partial charge on any atom is 0.0212 e. The molecule has 2 aliphatic heterocycles. The molecule has 2 heterocycles. The molecule has 0 bridgehead atoms. The third-order valence-electron chi connectivity index (χ3n) is 7.32. The van der Waals surface area contributed by atoms with Gasteiger partial charge in [-0.3, -0.25) is 4.90 Å². The molecular formula is C26H52N2. The summed E-state index contributed by atoms with van der Waals surface area (Å²) < 4.78 is 0. The average Bonchev–Trinajstić information content (AvgIpc) is 2.63. The SMILES string of the molecule is CCCCCCCC(CCCCCC)N1CC2(CN(CCCCCCC)C2)C1. The van der Waals surface area contributed by atoms with Crippen molar-refractivity contribution in [1.29, 1.82) is 0 Å². The van der Waals surface area contributed by atoms with Crippen molar-refractivity contribution in [3.63, 3.8) is 0 Å². The van der Waals surface area contributed by atoms with Gasteiger partial charge in [0.15, 0.2) is 0 Å². The number of rotatable bonds is 18. The Bertz CT molecular complexity index is 367. The number of unbranched alkanes of at least 4 members (excludes halogenated alkanes) is 11. The molecule has 0 amide bonds. The Morgan fingerprint density at radius 1 is 0.571 bits per heavy atom. The van der Waals surface area contributed by atoms with Gasteiger partial charge in [0.25, 0.3) is 0 Å². The summed E-state index contributed by atoms with van der Waals surface area (Å²) in [7, 11) is 0. The smallest absolute Gasteiger partial charge is 0.0212 e. The molecule has 2 fully saturated rings. The van der Waals surface area contributed by atoms with Crippen molar-refractivity contribution in [1.82, 2.24) is 9.80 Å². The first kappa shape index (κ1) is 24.2. The lowest BCUT2D eigenvalue weighted by atomic mass is 9.71. The zero-order chi connectivity index (χ0) is 20.1. The maximum atomic E-state index is 2.88. The number of nitrogens with zero attached hydrogens (tertiary/aromatic N) is 2. The van der Waals surface area contributed by atoms with E-state index in [-0.39, 0.29) is 0 Å². The minimum Gasteiger partial charge on any atom is -0.302 e. The topological polar surface area (TPSA) is 6.48 Å². The van der Waals surface area contributed by atoms with Gasteiger partial charge in [0.1, 0.15) is 0 Å². The molecule has 2 nitrogen and oxygen atoms in total. The van der Waals surface area contributed by atoms with Crippen LogP contribution < -0.4 is 0 Å². The molecule has 0 aliphatic carbocycles. The molecule has 2 heteroatoms. The molecule has 2 saturated heterocycles. The molecule has 2 aliphatic rings. The van der Waals surface area contributed by atoms with E-state index < -0.39 is 0 Å². The molecule has 28 heavy (non-hydrogen) atoms. The average molecular weight is 393 g/mol. The largest absolute Gasteiger partial charge is 0.302 e. The fourth-order valence-electron chi connectivity index (χ4n) is 5.57. The van der Waals surface area contributed by atoms with Gasteiger partial charge in [-0.2, -0.15) is 0 Å². The van der Waals surface area contributed by atoms with E-state index in [1.54, 1.807) is 0 Å². The Kier molecular flexibility index (Phi) is 12.1. The Morgan fingerprint density at radius 2 is 1.04 bits per heavy atom. The first-order valence-electron chi connectivity index (χ1n) is 13.2. The van der Waals surface area contributed by atoms with Crippen LogP contribution in [0.15, 0.2) is 0 Å². The van der Waals surface area contributed by atoms with E-state index in [0.717, 1.165) is 6.04 Å². The van der Waals surface area contributed by atoms with Gasteiger partial charge >= 0.3 is 0 Å². The minimum atomic E-state index is 0.702. The molecule has 0 N–H and O–H groups in total. The highest BCUT2D eigenvalue weighted by Crippen LogP contribution is 2.42. The van der Waals surface area contributed by atoms with Crippen molar-refractivity contribution in [2.75, 3.05) is 32.7 Å². The summed E-state index contributed by atoms with van der Waals surface area (Å²) in [5, 5.41) is 0. The molecule has 1 atom stereocenters. The minimum absolute atomic E-state index is 0.702. The molecule has 1 spiro atoms. The van der Waals surface area contributed by atoms with Crippen LogP contribution in [0.25, 0.3) is 0 Å². The molecule has 0 aromatic heterocycles. The highest BCUT2D eigenvalue weighted by atomic mass is 15.3. The van der Waals surface area contributed by atoms with E-state index in [9.17, 15) is 0 Å². The van der Waals surface area contributed by atoms with E-state index in [1.807, 2.05) is 0 Å². The third kappa shape index (κ3) is 8.34. The fourth-order valence-corrected chi connectivity index (χ4v) is 5.57. The quantitative estimate of drug-likeness (QED) is 0.226. The summed E-state index contributed by atoms with van der Waals surface area (Å²) in [5.41, 5.74) is 0.702. The van der Waals surface area contributed by atoms with Gasteiger partial charge in [-0.1, -0.05) is 104 Å². The Labute approximate surface area is 177 Å². The zero-order valence-corrected chi connectivity index (χ0v) is 19.8. The predicted molar refractivity (Wildman–Crippen MR) is 125 cm³/mol. The summed E-state index contributed by atoms with van der Waals surface area (Å²) in [5.74, 6) is 0. The second-order valence-electron chi connectivity index (χ2n) is 10.2. The molecule has 0 radical (unpaired) electrons. The van der Waals surface area contributed by atoms with Crippen molar-refractivity contribution in [2.24, 2.45) is 5.41 Å². The van der Waals surface area contributed by atoms with Gasteiger partial charge in [-0.15, -0.1) is 0 Å². The lowest BCUT2D eigenvalue weighted by Gasteiger charge is -2.62. The van der Waals surface area contributed by atoms with Gasteiger partial charge in [-0.05, 0) is 25.8 Å². The highest BCUT2D eigenvalue weighted by Gasteiger charge is 2.52. The molecule has 2 rings (SSSR count). The standard InChI is InChI=1S/C26H52N2/c1-4-7-10-13-16-19-25(18-15-12-9-6-3)28-23-26(24-28)21-27(22-26)20-17-14-11-8-5-2/h25H,4-24H2,1-3H3. The van der Waals surface area contributed by atoms with E-state index >= 15 is 0 Å². The van der Waals surface area contributed by atoms with Gasteiger partial charge in [-0.25, -0.2) is 0 Å². The monoisotopic (exact) mass is 392 g/mol. The first-order chi connectivity index (χ1) is 13.7. The Hall–Kier alpha value is -0.0800. The molecular weight excluding hydrogens is 340 g/mol. The zero-order valence-electron chi connectivity index (χ0n) is 19.8. The van der Waals surface area contributed by atoms with Crippen LogP contribution in [0.2, 0.25) is 0 Å². The van der Waals surface area contributed by atoms with Crippen molar-refractivity contribution >= 4 is 0 Å². The normalized spacial score (nSPS) is 20.2. The molecule has 1 unspecified atom stereocenters. The second kappa shape index (κ2) is 14.0. The van der Waals surface area contributed by atoms with Gasteiger partial charge in [0, 0.05) is 37.6 Å². The molecule has 0 aromatic carbocycles. The number of hydrogen-bond donors (Lipinski definition) is 0. The van der Waals surface area contributed by atoms with Gasteiger partial charge < -0.3 is 4.90 Å². The summed E-state index contributed by atoms with van der Waals surface area (Å²) in [6, 6.07) is 0.896. The van der Waals surface area contributed by atoms with Crippen molar-refractivity contribution in [3.05, 3.63) is 0 Å². The van der Waals surface area contributed by atoms with Crippen molar-refractivity contribution in [3.8, 4) is 0 Å². The van der Waals surface area contributed by atoms with Crippen molar-refractivity contribution < 1.29 is 0 Å². The lowest BCUT2D eigenvalue weighted by molar-refractivity contribution is -0.132. The van der Waals surface area contributed by atoms with E-state index in [2.05, 4.69) is 30.6 Å². The van der Waals surface area contributed by atoms with E-state index in [0.29, 0.717) is 5.41 Å². The highest BCUT2D eigenvalue weighted by molar-refractivity contribution is 5.06. The first-order valence-corrected chi connectivity index (χ1v) is 13.2. The summed E-state index contributed by atoms with van der Waals surface area (Å²) in [4.78, 5) is 5.62. The van der Waals surface area contributed by atoms with Gasteiger partial charge in [0.2, 0.25) is 0 Å². The summed E-state index contributed by atoms with van der Waals surface area (Å²) in [6.07, 6.45) is 22.9. The van der Waals surface area contributed by atoms with Crippen LogP contribution in [0.1, 0.15) is 124 Å². The predicted octanol–water partition coefficient (Wildman–Crippen LogP) is 7.27. The van der Waals surface area contributed by atoms with Gasteiger partial charge in [0.05, 0.1) is 0 Å². The fraction of sp³-hybridized carbons (Fsp3) is 1.00. The Morgan fingerprint density at radius 3 is 1.57 bits per heavy atom.